The Morgan fingerprint density at radius 1 is 1.35 bits per heavy atom. The number of likely N-dealkylation sites (N-methyl/N-ethyl adjacent to an activating group) is 1. The van der Waals surface area contributed by atoms with Crippen molar-refractivity contribution in [2.75, 3.05) is 20.1 Å². The van der Waals surface area contributed by atoms with E-state index in [9.17, 15) is 12.8 Å². The summed E-state index contributed by atoms with van der Waals surface area (Å²) in [6.07, 6.45) is 2.10. The summed E-state index contributed by atoms with van der Waals surface area (Å²) >= 11 is 0. The molecule has 0 amide bonds. The first kappa shape index (κ1) is 15.4. The summed E-state index contributed by atoms with van der Waals surface area (Å²) in [5.41, 5.74) is 0.879. The molecule has 1 saturated heterocycles. The largest absolute Gasteiger partial charge is 0.302 e. The van der Waals surface area contributed by atoms with Crippen molar-refractivity contribution in [1.29, 1.82) is 0 Å². The molecule has 1 atom stereocenters. The van der Waals surface area contributed by atoms with E-state index >= 15 is 0 Å². The fraction of sp³-hybridized carbons (Fsp3) is 0.571. The van der Waals surface area contributed by atoms with Crippen LogP contribution in [-0.4, -0.2) is 39.5 Å². The molecule has 1 aromatic rings. The van der Waals surface area contributed by atoms with Gasteiger partial charge < -0.3 is 4.90 Å². The summed E-state index contributed by atoms with van der Waals surface area (Å²) in [6.45, 7) is 4.63. The quantitative estimate of drug-likeness (QED) is 0.922. The zero-order valence-corrected chi connectivity index (χ0v) is 12.9. The molecule has 0 bridgehead atoms. The van der Waals surface area contributed by atoms with Gasteiger partial charge in [-0.2, -0.15) is 0 Å². The molecule has 0 saturated carbocycles. The number of sulfonamides is 1. The molecule has 1 fully saturated rings. The van der Waals surface area contributed by atoms with E-state index in [1.54, 1.807) is 13.8 Å². The van der Waals surface area contributed by atoms with E-state index in [1.807, 2.05) is 7.05 Å². The first-order chi connectivity index (χ1) is 9.31. The van der Waals surface area contributed by atoms with Crippen LogP contribution in [0.15, 0.2) is 17.0 Å². The van der Waals surface area contributed by atoms with Gasteiger partial charge in [0.1, 0.15) is 5.82 Å². The van der Waals surface area contributed by atoms with Gasteiger partial charge in [-0.1, -0.05) is 0 Å². The number of benzene rings is 1. The molecule has 6 heteroatoms. The highest BCUT2D eigenvalue weighted by molar-refractivity contribution is 7.89. The summed E-state index contributed by atoms with van der Waals surface area (Å²) in [7, 11) is -1.59. The highest BCUT2D eigenvalue weighted by Crippen LogP contribution is 2.22. The van der Waals surface area contributed by atoms with E-state index < -0.39 is 15.8 Å². The molecule has 1 unspecified atom stereocenters. The lowest BCUT2D eigenvalue weighted by molar-refractivity contribution is 0.311. The molecule has 1 aromatic carbocycles. The van der Waals surface area contributed by atoms with E-state index in [1.165, 1.54) is 12.1 Å². The van der Waals surface area contributed by atoms with Crippen molar-refractivity contribution in [3.05, 3.63) is 29.1 Å². The Labute approximate surface area is 120 Å². The number of rotatable bonds is 4. The lowest BCUT2D eigenvalue weighted by atomic mass is 10.1. The van der Waals surface area contributed by atoms with Gasteiger partial charge in [-0.25, -0.2) is 17.5 Å². The number of nitrogens with one attached hydrogen (secondary N) is 1. The monoisotopic (exact) mass is 300 g/mol. The van der Waals surface area contributed by atoms with Crippen molar-refractivity contribution in [3.8, 4) is 0 Å². The van der Waals surface area contributed by atoms with E-state index in [4.69, 9.17) is 0 Å². The predicted molar refractivity (Wildman–Crippen MR) is 76.7 cm³/mol. The van der Waals surface area contributed by atoms with Gasteiger partial charge in [0.25, 0.3) is 0 Å². The third kappa shape index (κ3) is 3.19. The number of halogens is 1. The maximum absolute atomic E-state index is 13.3. The molecule has 4 nitrogen and oxygen atoms in total. The van der Waals surface area contributed by atoms with Crippen LogP contribution in [0.4, 0.5) is 4.39 Å². The average molecular weight is 300 g/mol. The first-order valence-electron chi connectivity index (χ1n) is 6.78. The van der Waals surface area contributed by atoms with E-state index in [2.05, 4.69) is 9.62 Å². The van der Waals surface area contributed by atoms with Crippen molar-refractivity contribution in [3.63, 3.8) is 0 Å². The SMILES string of the molecule is Cc1cc(F)cc(C)c1S(=O)(=O)NCC1CCCN1C. The molecule has 1 aliphatic heterocycles. The second-order valence-electron chi connectivity index (χ2n) is 5.50. The second-order valence-corrected chi connectivity index (χ2v) is 7.20. The molecular formula is C14H21FN2O2S. The third-order valence-electron chi connectivity index (χ3n) is 3.87. The van der Waals surface area contributed by atoms with Gasteiger partial charge in [0.15, 0.2) is 0 Å². The Bertz CT molecular complexity index is 578. The fourth-order valence-electron chi connectivity index (χ4n) is 2.84. The lowest BCUT2D eigenvalue weighted by Gasteiger charge is -2.20. The van der Waals surface area contributed by atoms with Gasteiger partial charge in [0.2, 0.25) is 10.0 Å². The van der Waals surface area contributed by atoms with Gasteiger partial charge in [-0.3, -0.25) is 0 Å². The van der Waals surface area contributed by atoms with Crippen molar-refractivity contribution in [1.82, 2.24) is 9.62 Å². The first-order valence-corrected chi connectivity index (χ1v) is 8.26. The molecule has 20 heavy (non-hydrogen) atoms. The molecule has 0 aromatic heterocycles. The van der Waals surface area contributed by atoms with Crippen LogP contribution in [-0.2, 0) is 10.0 Å². The maximum Gasteiger partial charge on any atom is 0.241 e. The number of hydrogen-bond donors (Lipinski definition) is 1. The number of hydrogen-bond acceptors (Lipinski definition) is 3. The van der Waals surface area contributed by atoms with Crippen LogP contribution in [0, 0.1) is 19.7 Å². The topological polar surface area (TPSA) is 49.4 Å². The minimum Gasteiger partial charge on any atom is -0.302 e. The van der Waals surface area contributed by atoms with Crippen LogP contribution in [0.3, 0.4) is 0 Å². The molecule has 0 spiro atoms. The molecular weight excluding hydrogens is 279 g/mol. The highest BCUT2D eigenvalue weighted by atomic mass is 32.2. The lowest BCUT2D eigenvalue weighted by Crippen LogP contribution is -2.38. The molecule has 112 valence electrons. The molecule has 0 radical (unpaired) electrons. The summed E-state index contributed by atoms with van der Waals surface area (Å²) in [6, 6.07) is 2.75. The zero-order valence-electron chi connectivity index (χ0n) is 12.1. The zero-order chi connectivity index (χ0) is 14.9. The molecule has 1 N–H and O–H groups in total. The molecule has 0 aliphatic carbocycles. The minimum atomic E-state index is -3.59. The highest BCUT2D eigenvalue weighted by Gasteiger charge is 2.25. The summed E-state index contributed by atoms with van der Waals surface area (Å²) < 4.78 is 40.7. The van der Waals surface area contributed by atoms with Gasteiger partial charge in [0.05, 0.1) is 4.90 Å². The van der Waals surface area contributed by atoms with Crippen LogP contribution in [0.2, 0.25) is 0 Å². The third-order valence-corrected chi connectivity index (χ3v) is 5.60. The van der Waals surface area contributed by atoms with Crippen molar-refractivity contribution >= 4 is 10.0 Å². The Hall–Kier alpha value is -0.980. The van der Waals surface area contributed by atoms with Crippen molar-refractivity contribution in [2.24, 2.45) is 0 Å². The summed E-state index contributed by atoms with van der Waals surface area (Å²) in [5.74, 6) is -0.408. The standard InChI is InChI=1S/C14H21FN2O2S/c1-10-7-12(15)8-11(2)14(10)20(18,19)16-9-13-5-4-6-17(13)3/h7-8,13,16H,4-6,9H2,1-3H3. The minimum absolute atomic E-state index is 0.194. The van der Waals surface area contributed by atoms with Gasteiger partial charge in [-0.05, 0) is 63.5 Å². The van der Waals surface area contributed by atoms with Gasteiger partial charge >= 0.3 is 0 Å². The fourth-order valence-corrected chi connectivity index (χ4v) is 4.36. The van der Waals surface area contributed by atoms with E-state index in [-0.39, 0.29) is 10.9 Å². The van der Waals surface area contributed by atoms with Crippen LogP contribution in [0.1, 0.15) is 24.0 Å². The van der Waals surface area contributed by atoms with Crippen LogP contribution in [0.5, 0.6) is 0 Å². The normalized spacial score (nSPS) is 20.5. The van der Waals surface area contributed by atoms with Gasteiger partial charge in [-0.15, -0.1) is 0 Å². The smallest absolute Gasteiger partial charge is 0.241 e. The predicted octanol–water partition coefficient (Wildman–Crippen LogP) is 1.82. The Morgan fingerprint density at radius 2 is 1.95 bits per heavy atom. The molecule has 2 rings (SSSR count). The van der Waals surface area contributed by atoms with Crippen molar-refractivity contribution < 1.29 is 12.8 Å². The van der Waals surface area contributed by atoms with E-state index in [0.717, 1.165) is 19.4 Å². The molecule has 1 heterocycles. The number of likely N-dealkylation sites (tertiary alicyclic amines) is 1. The Morgan fingerprint density at radius 3 is 2.45 bits per heavy atom. The summed E-state index contributed by atoms with van der Waals surface area (Å²) in [5, 5.41) is 0. The Balaban J connectivity index is 2.18. The number of nitrogens with zero attached hydrogens (tertiary/aromatic N) is 1. The van der Waals surface area contributed by atoms with Crippen LogP contribution in [0.25, 0.3) is 0 Å². The van der Waals surface area contributed by atoms with Crippen LogP contribution < -0.4 is 4.72 Å². The second kappa shape index (κ2) is 5.79. The van der Waals surface area contributed by atoms with Gasteiger partial charge in [0, 0.05) is 12.6 Å². The number of aryl methyl sites for hydroxylation is 2. The van der Waals surface area contributed by atoms with Crippen molar-refractivity contribution in [2.45, 2.75) is 37.6 Å². The maximum atomic E-state index is 13.3. The van der Waals surface area contributed by atoms with Crippen LogP contribution >= 0.6 is 0 Å². The Kier molecular flexibility index (Phi) is 4.46. The van der Waals surface area contributed by atoms with E-state index in [0.29, 0.717) is 17.7 Å². The molecule has 1 aliphatic rings. The summed E-state index contributed by atoms with van der Waals surface area (Å²) in [4.78, 5) is 2.35. The average Bonchev–Trinajstić information content (AvgIpc) is 2.70.